The van der Waals surface area contributed by atoms with Crippen LogP contribution in [0, 0.1) is 0 Å². The number of amides is 2. The van der Waals surface area contributed by atoms with Gasteiger partial charge in [-0.3, -0.25) is 0 Å². The van der Waals surface area contributed by atoms with E-state index >= 15 is 0 Å². The van der Waals surface area contributed by atoms with E-state index in [0.29, 0.717) is 34.0 Å². The molecule has 1 aliphatic rings. The molecule has 0 saturated carbocycles. The number of hydrogen-bond acceptors (Lipinski definition) is 7. The molecular formula is C16H14ClN7O3. The normalized spacial score (nSPS) is 13.3. The van der Waals surface area contributed by atoms with Gasteiger partial charge in [0.05, 0.1) is 16.8 Å². The molecular weight excluding hydrogens is 374 g/mol. The molecule has 138 valence electrons. The number of hydrogen-bond donors (Lipinski definition) is 2. The maximum atomic E-state index is 12.4. The van der Waals surface area contributed by atoms with Gasteiger partial charge in [-0.05, 0) is 13.0 Å². The van der Waals surface area contributed by atoms with E-state index in [1.165, 1.54) is 11.0 Å². The van der Waals surface area contributed by atoms with Crippen LogP contribution in [0.15, 0.2) is 36.9 Å². The highest BCUT2D eigenvalue weighted by atomic mass is 35.5. The Labute approximate surface area is 158 Å². The Hall–Kier alpha value is -3.40. The summed E-state index contributed by atoms with van der Waals surface area (Å²) in [6.45, 7) is 1.89. The minimum atomic E-state index is -0.468. The SMILES string of the molecule is CC(NC(=O)Nc1cc2c(cc1Cl)OCO2)c1ncnn1-c1ncccn1. The van der Waals surface area contributed by atoms with Crippen molar-refractivity contribution in [2.24, 2.45) is 0 Å². The lowest BCUT2D eigenvalue weighted by Crippen LogP contribution is -2.32. The quantitative estimate of drug-likeness (QED) is 0.705. The molecule has 0 spiro atoms. The fraction of sp³-hybridized carbons (Fsp3) is 0.188. The first-order valence-electron chi connectivity index (χ1n) is 7.96. The van der Waals surface area contributed by atoms with Crippen LogP contribution in [-0.2, 0) is 0 Å². The standard InChI is InChI=1S/C16H14ClN7O3/c1-9(14-20-7-21-24(14)15-18-3-2-4-19-15)22-16(25)23-11-6-13-12(5-10(11)17)26-8-27-13/h2-7,9H,8H2,1H3,(H2,22,23,25). The highest BCUT2D eigenvalue weighted by Crippen LogP contribution is 2.39. The van der Waals surface area contributed by atoms with E-state index in [1.807, 2.05) is 0 Å². The number of nitrogens with zero attached hydrogens (tertiary/aromatic N) is 5. The molecule has 27 heavy (non-hydrogen) atoms. The largest absolute Gasteiger partial charge is 0.454 e. The second kappa shape index (κ2) is 7.08. The van der Waals surface area contributed by atoms with Gasteiger partial charge < -0.3 is 20.1 Å². The summed E-state index contributed by atoms with van der Waals surface area (Å²) in [5.41, 5.74) is 0.401. The van der Waals surface area contributed by atoms with Crippen molar-refractivity contribution < 1.29 is 14.3 Å². The Morgan fingerprint density at radius 1 is 1.22 bits per heavy atom. The Kier molecular flexibility index (Phi) is 4.47. The highest BCUT2D eigenvalue weighted by Gasteiger charge is 2.20. The third kappa shape index (κ3) is 3.47. The molecule has 4 rings (SSSR count). The smallest absolute Gasteiger partial charge is 0.319 e. The van der Waals surface area contributed by atoms with Gasteiger partial charge in [0.2, 0.25) is 6.79 Å². The van der Waals surface area contributed by atoms with Crippen LogP contribution in [0.5, 0.6) is 11.5 Å². The summed E-state index contributed by atoms with van der Waals surface area (Å²) in [5, 5.41) is 9.91. The molecule has 0 bridgehead atoms. The van der Waals surface area contributed by atoms with Gasteiger partial charge >= 0.3 is 6.03 Å². The number of aromatic nitrogens is 5. The lowest BCUT2D eigenvalue weighted by molar-refractivity contribution is 0.174. The average molecular weight is 388 g/mol. The Balaban J connectivity index is 1.47. The second-order valence-corrected chi connectivity index (χ2v) is 5.99. The molecule has 0 fully saturated rings. The molecule has 3 aromatic rings. The highest BCUT2D eigenvalue weighted by molar-refractivity contribution is 6.34. The minimum absolute atomic E-state index is 0.121. The van der Waals surface area contributed by atoms with Gasteiger partial charge in [-0.1, -0.05) is 11.6 Å². The molecule has 1 aliphatic heterocycles. The number of carbonyl (C=O) groups is 1. The number of benzene rings is 1. The van der Waals surface area contributed by atoms with Crippen LogP contribution in [0.25, 0.3) is 5.95 Å². The summed E-state index contributed by atoms with van der Waals surface area (Å²) in [7, 11) is 0. The van der Waals surface area contributed by atoms with Crippen LogP contribution in [0.2, 0.25) is 5.02 Å². The first-order chi connectivity index (χ1) is 13.1. The van der Waals surface area contributed by atoms with Crippen molar-refractivity contribution in [2.75, 3.05) is 12.1 Å². The zero-order valence-electron chi connectivity index (χ0n) is 14.1. The Bertz CT molecular complexity index is 979. The van der Waals surface area contributed by atoms with Crippen LogP contribution >= 0.6 is 11.6 Å². The predicted octanol–water partition coefficient (Wildman–Crippen LogP) is 2.32. The minimum Gasteiger partial charge on any atom is -0.454 e. The van der Waals surface area contributed by atoms with E-state index in [4.69, 9.17) is 21.1 Å². The topological polar surface area (TPSA) is 116 Å². The third-order valence-electron chi connectivity index (χ3n) is 3.76. The molecule has 1 atom stereocenters. The van der Waals surface area contributed by atoms with Crippen LogP contribution in [0.3, 0.4) is 0 Å². The predicted molar refractivity (Wildman–Crippen MR) is 95.1 cm³/mol. The van der Waals surface area contributed by atoms with Gasteiger partial charge in [-0.15, -0.1) is 0 Å². The van der Waals surface area contributed by atoms with Gasteiger partial charge in [0, 0.05) is 24.5 Å². The van der Waals surface area contributed by atoms with Gasteiger partial charge in [-0.2, -0.15) is 9.78 Å². The molecule has 2 aromatic heterocycles. The van der Waals surface area contributed by atoms with Crippen molar-refractivity contribution in [3.8, 4) is 17.4 Å². The fourth-order valence-electron chi connectivity index (χ4n) is 2.53. The maximum Gasteiger partial charge on any atom is 0.319 e. The average Bonchev–Trinajstić information content (AvgIpc) is 3.31. The molecule has 3 heterocycles. The molecule has 11 heteroatoms. The molecule has 10 nitrogen and oxygen atoms in total. The van der Waals surface area contributed by atoms with Crippen molar-refractivity contribution in [2.45, 2.75) is 13.0 Å². The van der Waals surface area contributed by atoms with E-state index in [0.717, 1.165) is 0 Å². The zero-order valence-corrected chi connectivity index (χ0v) is 14.8. The van der Waals surface area contributed by atoms with E-state index < -0.39 is 12.1 Å². The molecule has 0 aliphatic carbocycles. The molecule has 1 aromatic carbocycles. The zero-order chi connectivity index (χ0) is 18.8. The van der Waals surface area contributed by atoms with E-state index in [1.54, 1.807) is 37.5 Å². The Morgan fingerprint density at radius 2 is 1.96 bits per heavy atom. The number of anilines is 1. The summed E-state index contributed by atoms with van der Waals surface area (Å²) in [4.78, 5) is 24.8. The third-order valence-corrected chi connectivity index (χ3v) is 4.07. The molecule has 0 radical (unpaired) electrons. The lowest BCUT2D eigenvalue weighted by Gasteiger charge is -2.15. The van der Waals surface area contributed by atoms with Crippen molar-refractivity contribution >= 4 is 23.3 Å². The first kappa shape index (κ1) is 17.0. The molecule has 1 unspecified atom stereocenters. The molecule has 2 N–H and O–H groups in total. The summed E-state index contributed by atoms with van der Waals surface area (Å²) in [6, 6.07) is 3.96. The van der Waals surface area contributed by atoms with Crippen LogP contribution < -0.4 is 20.1 Å². The number of urea groups is 1. The van der Waals surface area contributed by atoms with E-state index in [-0.39, 0.29) is 6.79 Å². The maximum absolute atomic E-state index is 12.4. The number of rotatable bonds is 4. The van der Waals surface area contributed by atoms with Crippen molar-refractivity contribution in [3.63, 3.8) is 0 Å². The number of fused-ring (bicyclic) bond motifs is 1. The van der Waals surface area contributed by atoms with Crippen molar-refractivity contribution in [3.05, 3.63) is 47.8 Å². The summed E-state index contributed by atoms with van der Waals surface area (Å²) in [5.74, 6) is 1.89. The number of nitrogens with one attached hydrogen (secondary N) is 2. The Morgan fingerprint density at radius 3 is 2.74 bits per heavy atom. The van der Waals surface area contributed by atoms with E-state index in [9.17, 15) is 4.79 Å². The van der Waals surface area contributed by atoms with Gasteiger partial charge in [0.25, 0.3) is 5.95 Å². The second-order valence-electron chi connectivity index (χ2n) is 5.58. The van der Waals surface area contributed by atoms with Crippen LogP contribution in [-0.4, -0.2) is 37.6 Å². The molecule has 2 amide bonds. The van der Waals surface area contributed by atoms with Gasteiger partial charge in [0.1, 0.15) is 6.33 Å². The molecule has 0 saturated heterocycles. The van der Waals surface area contributed by atoms with E-state index in [2.05, 4.69) is 30.7 Å². The monoisotopic (exact) mass is 387 g/mol. The lowest BCUT2D eigenvalue weighted by atomic mass is 10.2. The number of halogens is 1. The number of carbonyl (C=O) groups excluding carboxylic acids is 1. The first-order valence-corrected chi connectivity index (χ1v) is 8.33. The fourth-order valence-corrected chi connectivity index (χ4v) is 2.73. The van der Waals surface area contributed by atoms with Gasteiger partial charge in [0.15, 0.2) is 17.3 Å². The van der Waals surface area contributed by atoms with Crippen molar-refractivity contribution in [1.82, 2.24) is 30.0 Å². The van der Waals surface area contributed by atoms with Crippen LogP contribution in [0.1, 0.15) is 18.8 Å². The van der Waals surface area contributed by atoms with Crippen LogP contribution in [0.4, 0.5) is 10.5 Å². The summed E-state index contributed by atoms with van der Waals surface area (Å²) < 4.78 is 12.0. The summed E-state index contributed by atoms with van der Waals surface area (Å²) in [6.07, 6.45) is 4.57. The summed E-state index contributed by atoms with van der Waals surface area (Å²) >= 11 is 6.17. The van der Waals surface area contributed by atoms with Crippen molar-refractivity contribution in [1.29, 1.82) is 0 Å². The number of ether oxygens (including phenoxy) is 2. The van der Waals surface area contributed by atoms with Gasteiger partial charge in [-0.25, -0.2) is 19.7 Å².